The van der Waals surface area contributed by atoms with Gasteiger partial charge in [-0.15, -0.1) is 0 Å². The Labute approximate surface area is 157 Å². The van der Waals surface area contributed by atoms with E-state index in [1.54, 1.807) is 31.5 Å². The number of nitrogens with zero attached hydrogens (tertiary/aromatic N) is 1. The maximum Gasteiger partial charge on any atom is 0.492 e. The Hall–Kier alpha value is -2.65. The lowest BCUT2D eigenvalue weighted by Gasteiger charge is -2.21. The van der Waals surface area contributed by atoms with Crippen LogP contribution in [0.1, 0.15) is 41.2 Å². The van der Waals surface area contributed by atoms with E-state index in [1.807, 2.05) is 13.8 Å². The summed E-state index contributed by atoms with van der Waals surface area (Å²) in [5, 5.41) is 12.7. The molecule has 0 bridgehead atoms. The molecule has 1 atom stereocenters. The maximum absolute atomic E-state index is 12.8. The van der Waals surface area contributed by atoms with E-state index in [2.05, 4.69) is 15.3 Å². The molecule has 1 amide bonds. The zero-order valence-electron chi connectivity index (χ0n) is 15.5. The molecule has 1 aromatic carbocycles. The number of carbonyl (C=O) groups is 2. The lowest BCUT2D eigenvalue weighted by Crippen LogP contribution is -2.46. The number of H-pyrrole nitrogens is 1. The second-order valence-electron chi connectivity index (χ2n) is 6.81. The van der Waals surface area contributed by atoms with Crippen LogP contribution in [-0.4, -0.2) is 40.0 Å². The highest BCUT2D eigenvalue weighted by molar-refractivity contribution is 6.62. The van der Waals surface area contributed by atoms with Gasteiger partial charge < -0.3 is 24.7 Å². The largest absolute Gasteiger partial charge is 0.492 e. The predicted octanol–water partition coefficient (Wildman–Crippen LogP) is 0.434. The highest BCUT2D eigenvalue weighted by Crippen LogP contribution is 2.17. The monoisotopic (exact) mass is 371 g/mol. The van der Waals surface area contributed by atoms with E-state index in [4.69, 9.17) is 9.39 Å². The molecule has 1 unspecified atom stereocenters. The third-order valence-electron chi connectivity index (χ3n) is 4.61. The van der Waals surface area contributed by atoms with Crippen LogP contribution in [0.15, 0.2) is 24.5 Å². The van der Waals surface area contributed by atoms with Gasteiger partial charge in [-0.2, -0.15) is 0 Å². The Bertz CT molecular complexity index is 838. The van der Waals surface area contributed by atoms with Crippen molar-refractivity contribution in [1.29, 1.82) is 0 Å². The normalized spacial score (nSPS) is 14.2. The molecule has 0 radical (unpaired) electrons. The number of ether oxygens (including phenoxy) is 1. The van der Waals surface area contributed by atoms with Crippen molar-refractivity contribution in [2.75, 3.05) is 0 Å². The molecular formula is C18H22BN3O5. The summed E-state index contributed by atoms with van der Waals surface area (Å²) in [7, 11) is -1.04. The number of nitrogens with one attached hydrogen (secondary N) is 2. The van der Waals surface area contributed by atoms with Crippen molar-refractivity contribution in [2.45, 2.75) is 40.0 Å². The van der Waals surface area contributed by atoms with Gasteiger partial charge in [0.2, 0.25) is 0 Å². The van der Waals surface area contributed by atoms with Crippen LogP contribution in [0, 0.1) is 12.8 Å². The number of carbonyl (C=O) groups excluding carboxylic acids is 2. The van der Waals surface area contributed by atoms with E-state index < -0.39 is 25.0 Å². The van der Waals surface area contributed by atoms with Crippen LogP contribution >= 0.6 is 0 Å². The van der Waals surface area contributed by atoms with Gasteiger partial charge in [-0.05, 0) is 35.5 Å². The van der Waals surface area contributed by atoms with Crippen LogP contribution in [-0.2, 0) is 27.4 Å². The Morgan fingerprint density at radius 1 is 1.44 bits per heavy atom. The summed E-state index contributed by atoms with van der Waals surface area (Å²) in [4.78, 5) is 32.0. The van der Waals surface area contributed by atoms with Gasteiger partial charge in [0.15, 0.2) is 0 Å². The lowest BCUT2D eigenvalue weighted by molar-refractivity contribution is -0.148. The number of esters is 1. The average Bonchev–Trinajstić information content (AvgIpc) is 3.27. The fourth-order valence-corrected chi connectivity index (χ4v) is 3.08. The molecule has 0 saturated carbocycles. The first kappa shape index (κ1) is 19.1. The van der Waals surface area contributed by atoms with E-state index in [9.17, 15) is 14.6 Å². The van der Waals surface area contributed by atoms with E-state index in [0.29, 0.717) is 29.0 Å². The lowest BCUT2D eigenvalue weighted by atomic mass is 9.75. The van der Waals surface area contributed by atoms with Crippen LogP contribution in [0.4, 0.5) is 0 Å². The smallest absolute Gasteiger partial charge is 0.456 e. The van der Waals surface area contributed by atoms with E-state index >= 15 is 0 Å². The van der Waals surface area contributed by atoms with Crippen LogP contribution in [0.25, 0.3) is 0 Å². The molecule has 3 rings (SSSR count). The maximum atomic E-state index is 12.8. The summed E-state index contributed by atoms with van der Waals surface area (Å²) in [6, 6.07) is 2.63. The van der Waals surface area contributed by atoms with Crippen molar-refractivity contribution in [2.24, 2.45) is 5.92 Å². The van der Waals surface area contributed by atoms with Crippen LogP contribution in [0.5, 0.6) is 0 Å². The first-order chi connectivity index (χ1) is 12.9. The number of amides is 1. The van der Waals surface area contributed by atoms with Crippen molar-refractivity contribution in [3.05, 3.63) is 47.0 Å². The molecule has 1 aromatic heterocycles. The van der Waals surface area contributed by atoms with Gasteiger partial charge in [-0.1, -0.05) is 19.9 Å². The van der Waals surface area contributed by atoms with E-state index in [0.717, 1.165) is 5.56 Å². The minimum Gasteiger partial charge on any atom is -0.456 e. The molecular weight excluding hydrogens is 349 g/mol. The first-order valence-electron chi connectivity index (χ1n) is 8.76. The number of aromatic amines is 1. The summed E-state index contributed by atoms with van der Waals surface area (Å²) >= 11 is 0. The molecule has 3 N–H and O–H groups in total. The zero-order valence-corrected chi connectivity index (χ0v) is 15.5. The van der Waals surface area contributed by atoms with Gasteiger partial charge >= 0.3 is 13.1 Å². The van der Waals surface area contributed by atoms with Gasteiger partial charge in [-0.25, -0.2) is 9.78 Å². The molecule has 2 aromatic rings. The second kappa shape index (κ2) is 7.93. The molecule has 0 fully saturated rings. The Balaban J connectivity index is 1.72. The zero-order chi connectivity index (χ0) is 19.6. The van der Waals surface area contributed by atoms with Crippen LogP contribution in [0.3, 0.4) is 0 Å². The Morgan fingerprint density at radius 2 is 2.22 bits per heavy atom. The van der Waals surface area contributed by atoms with Crippen molar-refractivity contribution < 1.29 is 24.0 Å². The van der Waals surface area contributed by atoms with Crippen molar-refractivity contribution >= 4 is 24.5 Å². The predicted molar refractivity (Wildman–Crippen MR) is 98.1 cm³/mol. The molecule has 0 aliphatic carbocycles. The topological polar surface area (TPSA) is 114 Å². The summed E-state index contributed by atoms with van der Waals surface area (Å²) in [5.74, 6) is -0.567. The van der Waals surface area contributed by atoms with E-state index in [1.165, 1.54) is 0 Å². The molecule has 8 nitrogen and oxygen atoms in total. The van der Waals surface area contributed by atoms with Crippen molar-refractivity contribution in [3.63, 3.8) is 0 Å². The number of imidazole rings is 1. The molecule has 0 saturated heterocycles. The molecule has 2 heterocycles. The number of rotatable bonds is 6. The number of benzene rings is 1. The summed E-state index contributed by atoms with van der Waals surface area (Å²) in [6.45, 7) is 5.73. The number of hydrogen-bond donors (Lipinski definition) is 3. The number of aromatic nitrogens is 2. The minimum atomic E-state index is -1.04. The SMILES string of the molecule is Cc1c(C(=O)NC(C(=O)OCc2ncc[nH]2)C(C)C)ccc2c1B(O)OC2. The van der Waals surface area contributed by atoms with Gasteiger partial charge in [0.25, 0.3) is 5.91 Å². The summed E-state index contributed by atoms with van der Waals surface area (Å²) in [6.07, 6.45) is 3.21. The van der Waals surface area contributed by atoms with Gasteiger partial charge in [0.05, 0.1) is 6.61 Å². The van der Waals surface area contributed by atoms with Crippen molar-refractivity contribution in [1.82, 2.24) is 15.3 Å². The molecule has 1 aliphatic rings. The van der Waals surface area contributed by atoms with Crippen molar-refractivity contribution in [3.8, 4) is 0 Å². The van der Waals surface area contributed by atoms with Crippen LogP contribution in [0.2, 0.25) is 0 Å². The minimum absolute atomic E-state index is 0.00628. The highest BCUT2D eigenvalue weighted by atomic mass is 16.5. The van der Waals surface area contributed by atoms with Gasteiger partial charge in [-0.3, -0.25) is 4.79 Å². The number of hydrogen-bond acceptors (Lipinski definition) is 6. The molecule has 142 valence electrons. The average molecular weight is 371 g/mol. The number of fused-ring (bicyclic) bond motifs is 1. The Kier molecular flexibility index (Phi) is 5.62. The third kappa shape index (κ3) is 4.04. The second-order valence-corrected chi connectivity index (χ2v) is 6.81. The quantitative estimate of drug-likeness (QED) is 0.502. The summed E-state index contributed by atoms with van der Waals surface area (Å²) in [5.41, 5.74) is 2.50. The fourth-order valence-electron chi connectivity index (χ4n) is 3.08. The highest BCUT2D eigenvalue weighted by Gasteiger charge is 2.32. The molecule has 1 aliphatic heterocycles. The summed E-state index contributed by atoms with van der Waals surface area (Å²) < 4.78 is 10.5. The van der Waals surface area contributed by atoms with Gasteiger partial charge in [0, 0.05) is 18.0 Å². The van der Waals surface area contributed by atoms with Crippen LogP contribution < -0.4 is 10.8 Å². The standard InChI is InChI=1S/C18H22BN3O5/c1-10(2)16(18(24)26-9-14-20-6-7-21-14)22-17(23)13-5-4-12-8-27-19(25)15(12)11(13)3/h4-7,10,16,25H,8-9H2,1-3H3,(H,20,21)(H,22,23). The fraction of sp³-hybridized carbons (Fsp3) is 0.389. The Morgan fingerprint density at radius 3 is 2.89 bits per heavy atom. The van der Waals surface area contributed by atoms with E-state index in [-0.39, 0.29) is 12.5 Å². The molecule has 27 heavy (non-hydrogen) atoms. The third-order valence-corrected chi connectivity index (χ3v) is 4.61. The molecule has 9 heteroatoms. The first-order valence-corrected chi connectivity index (χ1v) is 8.76. The molecule has 0 spiro atoms. The van der Waals surface area contributed by atoms with Gasteiger partial charge in [0.1, 0.15) is 18.5 Å².